The summed E-state index contributed by atoms with van der Waals surface area (Å²) in [6, 6.07) is 4.01. The van der Waals surface area contributed by atoms with Gasteiger partial charge < -0.3 is 9.32 Å². The lowest BCUT2D eigenvalue weighted by atomic mass is 10.1. The molecule has 1 amide bonds. The molecule has 112 valence electrons. The van der Waals surface area contributed by atoms with Gasteiger partial charge in [-0.25, -0.2) is 0 Å². The first-order valence-electron chi connectivity index (χ1n) is 7.33. The molecule has 1 fully saturated rings. The molecule has 1 saturated carbocycles. The molecule has 1 aliphatic carbocycles. The van der Waals surface area contributed by atoms with Crippen LogP contribution in [-0.4, -0.2) is 28.1 Å². The van der Waals surface area contributed by atoms with Crippen LogP contribution in [0.2, 0.25) is 0 Å². The molecule has 2 aromatic rings. The third-order valence-corrected chi connectivity index (χ3v) is 4.24. The van der Waals surface area contributed by atoms with Crippen molar-refractivity contribution in [2.45, 2.75) is 39.7 Å². The zero-order valence-corrected chi connectivity index (χ0v) is 12.9. The number of furan rings is 1. The summed E-state index contributed by atoms with van der Waals surface area (Å²) in [6.45, 7) is 6.40. The number of aromatic nitrogens is 2. The second-order valence-electron chi connectivity index (χ2n) is 6.09. The second kappa shape index (κ2) is 5.06. The standard InChI is InChI=1S/C16H21N3O2/c1-9-7-13(9)14-6-5-12(21-14)8-19(4)16(20)15-10(2)17-18-11(15)3/h5-6,9,13H,7-8H2,1-4H3,(H,17,18). The zero-order valence-electron chi connectivity index (χ0n) is 12.9. The van der Waals surface area contributed by atoms with Crippen molar-refractivity contribution < 1.29 is 9.21 Å². The van der Waals surface area contributed by atoms with Gasteiger partial charge in [0.25, 0.3) is 5.91 Å². The number of carbonyl (C=O) groups is 1. The molecule has 2 unspecified atom stereocenters. The van der Waals surface area contributed by atoms with Gasteiger partial charge in [0, 0.05) is 18.7 Å². The summed E-state index contributed by atoms with van der Waals surface area (Å²) in [6.07, 6.45) is 1.20. The minimum absolute atomic E-state index is 0.0310. The molecule has 0 bridgehead atoms. The van der Waals surface area contributed by atoms with Crippen LogP contribution in [0.5, 0.6) is 0 Å². The van der Waals surface area contributed by atoms with Crippen molar-refractivity contribution in [3.8, 4) is 0 Å². The van der Waals surface area contributed by atoms with Crippen molar-refractivity contribution in [3.05, 3.63) is 40.6 Å². The molecule has 5 heteroatoms. The highest BCUT2D eigenvalue weighted by molar-refractivity contribution is 5.96. The summed E-state index contributed by atoms with van der Waals surface area (Å²) in [4.78, 5) is 14.2. The maximum absolute atomic E-state index is 12.5. The highest BCUT2D eigenvalue weighted by atomic mass is 16.3. The van der Waals surface area contributed by atoms with E-state index in [-0.39, 0.29) is 5.91 Å². The summed E-state index contributed by atoms with van der Waals surface area (Å²) in [7, 11) is 1.79. The van der Waals surface area contributed by atoms with Crippen LogP contribution in [0, 0.1) is 19.8 Å². The van der Waals surface area contributed by atoms with E-state index in [0.717, 1.165) is 28.8 Å². The van der Waals surface area contributed by atoms with Crippen LogP contribution in [0.4, 0.5) is 0 Å². The summed E-state index contributed by atoms with van der Waals surface area (Å²) in [5.74, 6) is 3.14. The van der Waals surface area contributed by atoms with E-state index in [2.05, 4.69) is 17.1 Å². The Morgan fingerprint density at radius 2 is 2.19 bits per heavy atom. The molecule has 0 spiro atoms. The van der Waals surface area contributed by atoms with E-state index in [1.54, 1.807) is 11.9 Å². The van der Waals surface area contributed by atoms with Crippen molar-refractivity contribution in [3.63, 3.8) is 0 Å². The third kappa shape index (κ3) is 2.60. The Morgan fingerprint density at radius 3 is 2.76 bits per heavy atom. The quantitative estimate of drug-likeness (QED) is 0.940. The minimum atomic E-state index is -0.0310. The first kappa shape index (κ1) is 13.9. The normalized spacial score (nSPS) is 20.6. The average Bonchev–Trinajstić information content (AvgIpc) is 2.84. The van der Waals surface area contributed by atoms with E-state index in [1.807, 2.05) is 26.0 Å². The van der Waals surface area contributed by atoms with E-state index in [0.29, 0.717) is 18.0 Å². The fourth-order valence-electron chi connectivity index (χ4n) is 2.76. The van der Waals surface area contributed by atoms with Gasteiger partial charge in [-0.2, -0.15) is 5.10 Å². The smallest absolute Gasteiger partial charge is 0.257 e. The number of aryl methyl sites for hydroxylation is 2. The molecule has 2 atom stereocenters. The maximum Gasteiger partial charge on any atom is 0.257 e. The fraction of sp³-hybridized carbons (Fsp3) is 0.500. The predicted octanol–water partition coefficient (Wildman–Crippen LogP) is 3.02. The molecule has 5 nitrogen and oxygen atoms in total. The lowest BCUT2D eigenvalue weighted by molar-refractivity contribution is 0.0773. The van der Waals surface area contributed by atoms with E-state index >= 15 is 0 Å². The van der Waals surface area contributed by atoms with Crippen molar-refractivity contribution in [1.29, 1.82) is 0 Å². The van der Waals surface area contributed by atoms with Crippen molar-refractivity contribution in [1.82, 2.24) is 15.1 Å². The first-order valence-corrected chi connectivity index (χ1v) is 7.33. The molecule has 0 aromatic carbocycles. The van der Waals surface area contributed by atoms with Gasteiger partial charge in [0.2, 0.25) is 0 Å². The van der Waals surface area contributed by atoms with Gasteiger partial charge in [0.1, 0.15) is 11.5 Å². The van der Waals surface area contributed by atoms with Gasteiger partial charge in [-0.15, -0.1) is 0 Å². The predicted molar refractivity (Wildman–Crippen MR) is 79.1 cm³/mol. The van der Waals surface area contributed by atoms with Crippen molar-refractivity contribution in [2.24, 2.45) is 5.92 Å². The summed E-state index contributed by atoms with van der Waals surface area (Å²) < 4.78 is 5.86. The SMILES string of the molecule is Cc1n[nH]c(C)c1C(=O)N(C)Cc1ccc(C2CC2C)o1. The molecule has 21 heavy (non-hydrogen) atoms. The van der Waals surface area contributed by atoms with Gasteiger partial charge in [-0.1, -0.05) is 6.92 Å². The Hall–Kier alpha value is -2.04. The molecular weight excluding hydrogens is 266 g/mol. The maximum atomic E-state index is 12.5. The van der Waals surface area contributed by atoms with Crippen molar-refractivity contribution in [2.75, 3.05) is 7.05 Å². The van der Waals surface area contributed by atoms with Gasteiger partial charge in [0.05, 0.1) is 17.8 Å². The minimum Gasteiger partial charge on any atom is -0.464 e. The molecule has 3 rings (SSSR count). The van der Waals surface area contributed by atoms with E-state index < -0.39 is 0 Å². The van der Waals surface area contributed by atoms with E-state index in [1.165, 1.54) is 6.42 Å². The number of amides is 1. The van der Waals surface area contributed by atoms with Crippen LogP contribution in [0.3, 0.4) is 0 Å². The molecule has 2 aromatic heterocycles. The topological polar surface area (TPSA) is 62.1 Å². The van der Waals surface area contributed by atoms with Crippen LogP contribution in [0.1, 0.15) is 52.5 Å². The number of hydrogen-bond acceptors (Lipinski definition) is 3. The number of nitrogens with zero attached hydrogens (tertiary/aromatic N) is 2. The third-order valence-electron chi connectivity index (χ3n) is 4.24. The summed E-state index contributed by atoms with van der Waals surface area (Å²) >= 11 is 0. The molecule has 0 radical (unpaired) electrons. The van der Waals surface area contributed by atoms with Crippen LogP contribution >= 0.6 is 0 Å². The molecule has 0 aliphatic heterocycles. The monoisotopic (exact) mass is 287 g/mol. The molecule has 0 saturated heterocycles. The first-order chi connectivity index (χ1) is 9.97. The number of H-pyrrole nitrogens is 1. The number of aromatic amines is 1. The van der Waals surface area contributed by atoms with Crippen LogP contribution in [-0.2, 0) is 6.54 Å². The largest absolute Gasteiger partial charge is 0.464 e. The number of hydrogen-bond donors (Lipinski definition) is 1. The lowest BCUT2D eigenvalue weighted by Crippen LogP contribution is -2.26. The number of carbonyl (C=O) groups excluding carboxylic acids is 1. The Balaban J connectivity index is 1.70. The Labute approximate surface area is 124 Å². The molecule has 1 N–H and O–H groups in total. The van der Waals surface area contributed by atoms with Crippen LogP contribution in [0.15, 0.2) is 16.5 Å². The van der Waals surface area contributed by atoms with Crippen LogP contribution in [0.25, 0.3) is 0 Å². The fourth-order valence-corrected chi connectivity index (χ4v) is 2.76. The van der Waals surface area contributed by atoms with Gasteiger partial charge in [0.15, 0.2) is 0 Å². The average molecular weight is 287 g/mol. The molecular formula is C16H21N3O2. The Kier molecular flexibility index (Phi) is 3.35. The summed E-state index contributed by atoms with van der Waals surface area (Å²) in [5, 5.41) is 6.92. The summed E-state index contributed by atoms with van der Waals surface area (Å²) in [5.41, 5.74) is 2.19. The van der Waals surface area contributed by atoms with E-state index in [9.17, 15) is 4.79 Å². The molecule has 2 heterocycles. The van der Waals surface area contributed by atoms with Gasteiger partial charge >= 0.3 is 0 Å². The number of nitrogens with one attached hydrogen (secondary N) is 1. The highest BCUT2D eigenvalue weighted by Crippen LogP contribution is 2.47. The van der Waals surface area contributed by atoms with E-state index in [4.69, 9.17) is 4.42 Å². The Morgan fingerprint density at radius 1 is 1.48 bits per heavy atom. The lowest BCUT2D eigenvalue weighted by Gasteiger charge is -2.15. The zero-order chi connectivity index (χ0) is 15.1. The second-order valence-corrected chi connectivity index (χ2v) is 6.09. The van der Waals surface area contributed by atoms with Gasteiger partial charge in [-0.05, 0) is 38.3 Å². The van der Waals surface area contributed by atoms with Crippen molar-refractivity contribution >= 4 is 5.91 Å². The highest BCUT2D eigenvalue weighted by Gasteiger charge is 2.36. The van der Waals surface area contributed by atoms with Crippen LogP contribution < -0.4 is 0 Å². The van der Waals surface area contributed by atoms with Gasteiger partial charge in [-0.3, -0.25) is 9.89 Å². The Bertz CT molecular complexity index is 651. The molecule has 1 aliphatic rings. The number of rotatable bonds is 4.